The van der Waals surface area contributed by atoms with Crippen LogP contribution >= 0.6 is 0 Å². The van der Waals surface area contributed by atoms with Crippen molar-refractivity contribution in [2.24, 2.45) is 5.92 Å². The molecule has 0 bridgehead atoms. The zero-order valence-corrected chi connectivity index (χ0v) is 18.6. The van der Waals surface area contributed by atoms with Gasteiger partial charge in [-0.05, 0) is 54.3 Å². The summed E-state index contributed by atoms with van der Waals surface area (Å²) in [4.78, 5) is 27.9. The summed E-state index contributed by atoms with van der Waals surface area (Å²) in [7, 11) is 0. The van der Waals surface area contributed by atoms with E-state index < -0.39 is 0 Å². The zero-order chi connectivity index (χ0) is 22.3. The molecule has 2 amide bonds. The van der Waals surface area contributed by atoms with Crippen molar-refractivity contribution >= 4 is 28.3 Å². The van der Waals surface area contributed by atoms with Crippen LogP contribution < -0.4 is 10.6 Å². The maximum Gasteiger partial charge on any atom is 0.253 e. The molecule has 1 atom stereocenters. The number of nitrogens with zero attached hydrogens (tertiary/aromatic N) is 1. The summed E-state index contributed by atoms with van der Waals surface area (Å²) in [6.07, 6.45) is 2.72. The Bertz CT molecular complexity index is 1090. The number of carbonyl (C=O) groups excluding carboxylic acids is 2. The molecule has 2 N–H and O–H groups in total. The van der Waals surface area contributed by atoms with Gasteiger partial charge in [-0.15, -0.1) is 0 Å². The molecule has 1 aliphatic rings. The molecular weight excluding hydrogens is 398 g/mol. The highest BCUT2D eigenvalue weighted by Crippen LogP contribution is 2.25. The van der Waals surface area contributed by atoms with Crippen LogP contribution in [0, 0.1) is 5.92 Å². The second-order valence-corrected chi connectivity index (χ2v) is 8.50. The van der Waals surface area contributed by atoms with E-state index in [4.69, 9.17) is 0 Å². The lowest BCUT2D eigenvalue weighted by atomic mass is 9.95. The van der Waals surface area contributed by atoms with Crippen molar-refractivity contribution in [1.29, 1.82) is 0 Å². The first-order valence-corrected chi connectivity index (χ1v) is 11.5. The van der Waals surface area contributed by atoms with Crippen LogP contribution in [-0.4, -0.2) is 36.3 Å². The lowest BCUT2D eigenvalue weighted by Crippen LogP contribution is -2.40. The van der Waals surface area contributed by atoms with E-state index in [9.17, 15) is 9.59 Å². The molecule has 32 heavy (non-hydrogen) atoms. The van der Waals surface area contributed by atoms with Crippen LogP contribution in [0.5, 0.6) is 0 Å². The Hall–Kier alpha value is -3.18. The summed E-state index contributed by atoms with van der Waals surface area (Å²) >= 11 is 0. The maximum atomic E-state index is 13.1. The van der Waals surface area contributed by atoms with Gasteiger partial charge in [0.25, 0.3) is 5.91 Å². The third kappa shape index (κ3) is 5.17. The number of fused-ring (bicyclic) bond motifs is 1. The van der Waals surface area contributed by atoms with Crippen molar-refractivity contribution in [3.8, 4) is 0 Å². The monoisotopic (exact) mass is 429 g/mol. The number of nitrogens with one attached hydrogen (secondary N) is 2. The lowest BCUT2D eigenvalue weighted by Gasteiger charge is -2.32. The number of hydrogen-bond donors (Lipinski definition) is 2. The molecule has 1 unspecified atom stereocenters. The Morgan fingerprint density at radius 3 is 2.66 bits per heavy atom. The minimum Gasteiger partial charge on any atom is -0.352 e. The first-order chi connectivity index (χ1) is 15.7. The predicted molar refractivity (Wildman–Crippen MR) is 130 cm³/mol. The molecule has 1 heterocycles. The van der Waals surface area contributed by atoms with Gasteiger partial charge in [-0.3, -0.25) is 14.5 Å². The second-order valence-electron chi connectivity index (χ2n) is 8.50. The number of likely N-dealkylation sites (tertiary alicyclic amines) is 1. The molecule has 5 nitrogen and oxygen atoms in total. The standard InChI is InChI=1S/C27H31N3O2/c1-2-16-28-27(32)24-14-5-6-15-25(24)29-26(31)22-12-8-17-30(19-22)18-21-11-7-10-20-9-3-4-13-23(20)21/h3-7,9-11,13-15,22H,2,8,12,16-19H2,1H3,(H,28,32)(H,29,31). The van der Waals surface area contributed by atoms with Gasteiger partial charge in [-0.1, -0.05) is 61.5 Å². The Kier molecular flexibility index (Phi) is 7.17. The topological polar surface area (TPSA) is 61.4 Å². The van der Waals surface area contributed by atoms with E-state index in [1.807, 2.05) is 19.1 Å². The van der Waals surface area contributed by atoms with E-state index in [1.54, 1.807) is 12.1 Å². The Balaban J connectivity index is 1.43. The van der Waals surface area contributed by atoms with Gasteiger partial charge in [0.1, 0.15) is 0 Å². The Morgan fingerprint density at radius 1 is 1.00 bits per heavy atom. The van der Waals surface area contributed by atoms with Crippen molar-refractivity contribution in [1.82, 2.24) is 10.2 Å². The number of para-hydroxylation sites is 1. The number of rotatable bonds is 7. The van der Waals surface area contributed by atoms with Crippen molar-refractivity contribution in [2.45, 2.75) is 32.7 Å². The molecule has 3 aromatic rings. The van der Waals surface area contributed by atoms with E-state index in [0.717, 1.165) is 38.9 Å². The first kappa shape index (κ1) is 22.0. The molecule has 1 fully saturated rings. The van der Waals surface area contributed by atoms with Crippen LogP contribution in [0.4, 0.5) is 5.69 Å². The van der Waals surface area contributed by atoms with E-state index in [1.165, 1.54) is 16.3 Å². The molecule has 4 rings (SSSR count). The number of carbonyl (C=O) groups is 2. The van der Waals surface area contributed by atoms with Gasteiger partial charge in [0, 0.05) is 19.6 Å². The number of piperidine rings is 1. The quantitative estimate of drug-likeness (QED) is 0.565. The molecule has 166 valence electrons. The summed E-state index contributed by atoms with van der Waals surface area (Å²) in [5.41, 5.74) is 2.39. The van der Waals surface area contributed by atoms with Crippen LogP contribution in [0.2, 0.25) is 0 Å². The van der Waals surface area contributed by atoms with Gasteiger partial charge in [0.05, 0.1) is 17.2 Å². The molecule has 1 saturated heterocycles. The lowest BCUT2D eigenvalue weighted by molar-refractivity contribution is -0.121. The number of amides is 2. The van der Waals surface area contributed by atoms with Gasteiger partial charge in [-0.2, -0.15) is 0 Å². The normalized spacial score (nSPS) is 16.6. The van der Waals surface area contributed by atoms with Crippen LogP contribution in [0.25, 0.3) is 10.8 Å². The van der Waals surface area contributed by atoms with Crippen molar-refractivity contribution < 1.29 is 9.59 Å². The Morgan fingerprint density at radius 2 is 1.78 bits per heavy atom. The average Bonchev–Trinajstić information content (AvgIpc) is 2.83. The molecule has 3 aromatic carbocycles. The predicted octanol–water partition coefficient (Wildman–Crippen LogP) is 4.83. The molecule has 0 spiro atoms. The smallest absolute Gasteiger partial charge is 0.253 e. The summed E-state index contributed by atoms with van der Waals surface area (Å²) in [5, 5.41) is 8.43. The van der Waals surface area contributed by atoms with Crippen LogP contribution in [0.15, 0.2) is 66.7 Å². The fraction of sp³-hybridized carbons (Fsp3) is 0.333. The first-order valence-electron chi connectivity index (χ1n) is 11.5. The Labute approximate surface area is 189 Å². The average molecular weight is 430 g/mol. The number of hydrogen-bond acceptors (Lipinski definition) is 3. The van der Waals surface area contributed by atoms with Crippen LogP contribution in [0.3, 0.4) is 0 Å². The highest BCUT2D eigenvalue weighted by Gasteiger charge is 2.27. The third-order valence-electron chi connectivity index (χ3n) is 6.12. The van der Waals surface area contributed by atoms with Crippen molar-refractivity contribution in [2.75, 3.05) is 25.0 Å². The second kappa shape index (κ2) is 10.4. The fourth-order valence-corrected chi connectivity index (χ4v) is 4.44. The summed E-state index contributed by atoms with van der Waals surface area (Å²) in [5.74, 6) is -0.252. The molecule has 0 radical (unpaired) electrons. The fourth-order valence-electron chi connectivity index (χ4n) is 4.44. The van der Waals surface area contributed by atoms with Crippen molar-refractivity contribution in [3.05, 3.63) is 77.9 Å². The summed E-state index contributed by atoms with van der Waals surface area (Å²) in [6, 6.07) is 22.1. The number of benzene rings is 3. The van der Waals surface area contributed by atoms with Crippen molar-refractivity contribution in [3.63, 3.8) is 0 Å². The summed E-state index contributed by atoms with van der Waals surface area (Å²) < 4.78 is 0. The maximum absolute atomic E-state index is 13.1. The minimum absolute atomic E-state index is 0.0108. The molecule has 1 aliphatic heterocycles. The van der Waals surface area contributed by atoms with Gasteiger partial charge in [-0.25, -0.2) is 0 Å². The summed E-state index contributed by atoms with van der Waals surface area (Å²) in [6.45, 7) is 5.18. The van der Waals surface area contributed by atoms with Crippen LogP contribution in [-0.2, 0) is 11.3 Å². The SMILES string of the molecule is CCCNC(=O)c1ccccc1NC(=O)C1CCCN(Cc2cccc3ccccc23)C1. The highest BCUT2D eigenvalue weighted by atomic mass is 16.2. The van der Waals surface area contributed by atoms with Gasteiger partial charge in [0.15, 0.2) is 0 Å². The third-order valence-corrected chi connectivity index (χ3v) is 6.12. The molecule has 0 saturated carbocycles. The van der Waals surface area contributed by atoms with E-state index in [-0.39, 0.29) is 17.7 Å². The minimum atomic E-state index is -0.149. The van der Waals surface area contributed by atoms with Gasteiger partial charge >= 0.3 is 0 Å². The van der Waals surface area contributed by atoms with Gasteiger partial charge in [0.2, 0.25) is 5.91 Å². The molecule has 0 aromatic heterocycles. The molecular formula is C27H31N3O2. The van der Waals surface area contributed by atoms with Gasteiger partial charge < -0.3 is 10.6 Å². The van der Waals surface area contributed by atoms with Crippen LogP contribution in [0.1, 0.15) is 42.1 Å². The molecule has 5 heteroatoms. The van der Waals surface area contributed by atoms with E-state index >= 15 is 0 Å². The van der Waals surface area contributed by atoms with E-state index in [2.05, 4.69) is 58.0 Å². The number of anilines is 1. The highest BCUT2D eigenvalue weighted by molar-refractivity contribution is 6.04. The zero-order valence-electron chi connectivity index (χ0n) is 18.6. The molecule has 0 aliphatic carbocycles. The van der Waals surface area contributed by atoms with E-state index in [0.29, 0.717) is 17.8 Å². The largest absolute Gasteiger partial charge is 0.352 e.